The standard InChI is InChI=1S/C18H19FN2/c1-21(2)10-9-15-12-20-18-8-5-14(11-17(15)18)13-3-6-16(19)7-4-13/h3-8,11-12,20H,9-10H2,1-2H3. The predicted molar refractivity (Wildman–Crippen MR) is 86.0 cm³/mol. The summed E-state index contributed by atoms with van der Waals surface area (Å²) in [7, 11) is 4.16. The molecule has 2 aromatic carbocycles. The van der Waals surface area contributed by atoms with Gasteiger partial charge in [-0.05, 0) is 61.5 Å². The Hall–Kier alpha value is -2.13. The van der Waals surface area contributed by atoms with Crippen LogP contribution in [0.3, 0.4) is 0 Å². The van der Waals surface area contributed by atoms with Gasteiger partial charge in [0.25, 0.3) is 0 Å². The van der Waals surface area contributed by atoms with Gasteiger partial charge >= 0.3 is 0 Å². The first-order chi connectivity index (χ1) is 10.1. The first-order valence-electron chi connectivity index (χ1n) is 7.14. The number of aromatic amines is 1. The fourth-order valence-corrected chi connectivity index (χ4v) is 2.55. The highest BCUT2D eigenvalue weighted by Gasteiger charge is 2.06. The van der Waals surface area contributed by atoms with Gasteiger partial charge in [0.05, 0.1) is 0 Å². The van der Waals surface area contributed by atoms with Gasteiger partial charge in [-0.1, -0.05) is 18.2 Å². The minimum Gasteiger partial charge on any atom is -0.361 e. The van der Waals surface area contributed by atoms with E-state index in [-0.39, 0.29) is 5.82 Å². The Kier molecular flexibility index (Phi) is 3.76. The highest BCUT2D eigenvalue weighted by molar-refractivity contribution is 5.88. The maximum absolute atomic E-state index is 13.0. The summed E-state index contributed by atoms with van der Waals surface area (Å²) < 4.78 is 13.0. The van der Waals surface area contributed by atoms with Gasteiger partial charge in [0, 0.05) is 23.6 Å². The normalized spacial score (nSPS) is 11.4. The second-order valence-corrected chi connectivity index (χ2v) is 5.63. The molecule has 0 saturated heterocycles. The van der Waals surface area contributed by atoms with Crippen LogP contribution in [0.4, 0.5) is 4.39 Å². The van der Waals surface area contributed by atoms with Crippen molar-refractivity contribution in [1.29, 1.82) is 0 Å². The van der Waals surface area contributed by atoms with E-state index >= 15 is 0 Å². The number of nitrogens with one attached hydrogen (secondary N) is 1. The molecule has 0 unspecified atom stereocenters. The van der Waals surface area contributed by atoms with Crippen molar-refractivity contribution < 1.29 is 4.39 Å². The van der Waals surface area contributed by atoms with Crippen molar-refractivity contribution >= 4 is 10.9 Å². The lowest BCUT2D eigenvalue weighted by Crippen LogP contribution is -2.14. The van der Waals surface area contributed by atoms with Gasteiger partial charge in [0.1, 0.15) is 5.82 Å². The van der Waals surface area contributed by atoms with Crippen molar-refractivity contribution in [3.05, 3.63) is 60.0 Å². The molecule has 0 spiro atoms. The maximum Gasteiger partial charge on any atom is 0.123 e. The van der Waals surface area contributed by atoms with E-state index in [2.05, 4.69) is 48.4 Å². The van der Waals surface area contributed by atoms with Crippen LogP contribution in [0.1, 0.15) is 5.56 Å². The van der Waals surface area contributed by atoms with Gasteiger partial charge in [-0.25, -0.2) is 4.39 Å². The van der Waals surface area contributed by atoms with Crippen LogP contribution >= 0.6 is 0 Å². The topological polar surface area (TPSA) is 19.0 Å². The number of nitrogens with zero attached hydrogens (tertiary/aromatic N) is 1. The number of aromatic nitrogens is 1. The molecule has 0 aliphatic rings. The molecule has 0 radical (unpaired) electrons. The summed E-state index contributed by atoms with van der Waals surface area (Å²) >= 11 is 0. The van der Waals surface area contributed by atoms with Crippen LogP contribution in [0.5, 0.6) is 0 Å². The summed E-state index contributed by atoms with van der Waals surface area (Å²) in [5, 5.41) is 1.25. The van der Waals surface area contributed by atoms with E-state index in [4.69, 9.17) is 0 Å². The minimum atomic E-state index is -0.201. The predicted octanol–water partition coefficient (Wildman–Crippen LogP) is 4.08. The van der Waals surface area contributed by atoms with E-state index < -0.39 is 0 Å². The molecule has 108 valence electrons. The summed E-state index contributed by atoms with van der Waals surface area (Å²) in [6.45, 7) is 1.02. The van der Waals surface area contributed by atoms with Crippen molar-refractivity contribution in [2.45, 2.75) is 6.42 Å². The molecule has 1 heterocycles. The average molecular weight is 282 g/mol. The fourth-order valence-electron chi connectivity index (χ4n) is 2.55. The van der Waals surface area contributed by atoms with Crippen molar-refractivity contribution in [2.24, 2.45) is 0 Å². The van der Waals surface area contributed by atoms with Gasteiger partial charge in [-0.3, -0.25) is 0 Å². The highest BCUT2D eigenvalue weighted by atomic mass is 19.1. The second-order valence-electron chi connectivity index (χ2n) is 5.63. The van der Waals surface area contributed by atoms with Crippen LogP contribution in [0.2, 0.25) is 0 Å². The molecular weight excluding hydrogens is 263 g/mol. The fraction of sp³-hybridized carbons (Fsp3) is 0.222. The Bertz CT molecular complexity index is 742. The molecule has 0 bridgehead atoms. The lowest BCUT2D eigenvalue weighted by Gasteiger charge is -2.08. The van der Waals surface area contributed by atoms with Crippen molar-refractivity contribution in [1.82, 2.24) is 9.88 Å². The minimum absolute atomic E-state index is 0.201. The third kappa shape index (κ3) is 2.98. The molecule has 2 nitrogen and oxygen atoms in total. The van der Waals surface area contributed by atoms with Crippen molar-refractivity contribution in [3.63, 3.8) is 0 Å². The molecule has 1 N–H and O–H groups in total. The van der Waals surface area contributed by atoms with E-state index in [1.54, 1.807) is 0 Å². The largest absolute Gasteiger partial charge is 0.361 e. The summed E-state index contributed by atoms with van der Waals surface area (Å²) in [5.41, 5.74) is 4.63. The van der Waals surface area contributed by atoms with Gasteiger partial charge in [0.2, 0.25) is 0 Å². The molecular formula is C18H19FN2. The maximum atomic E-state index is 13.0. The number of H-pyrrole nitrogens is 1. The smallest absolute Gasteiger partial charge is 0.123 e. The van der Waals surface area contributed by atoms with E-state index in [0.29, 0.717) is 0 Å². The van der Waals surface area contributed by atoms with Gasteiger partial charge < -0.3 is 9.88 Å². The van der Waals surface area contributed by atoms with Crippen molar-refractivity contribution in [2.75, 3.05) is 20.6 Å². The monoisotopic (exact) mass is 282 g/mol. The van der Waals surface area contributed by atoms with Gasteiger partial charge in [-0.15, -0.1) is 0 Å². The van der Waals surface area contributed by atoms with Crippen molar-refractivity contribution in [3.8, 4) is 11.1 Å². The SMILES string of the molecule is CN(C)CCc1c[nH]c2ccc(-c3ccc(F)cc3)cc12. The Balaban J connectivity index is 1.98. The van der Waals surface area contributed by atoms with Crippen LogP contribution < -0.4 is 0 Å². The zero-order valence-electron chi connectivity index (χ0n) is 12.4. The van der Waals surface area contributed by atoms with E-state index in [1.807, 2.05) is 12.1 Å². The number of halogens is 1. The van der Waals surface area contributed by atoms with Gasteiger partial charge in [-0.2, -0.15) is 0 Å². The third-order valence-electron chi connectivity index (χ3n) is 3.77. The number of fused-ring (bicyclic) bond motifs is 1. The summed E-state index contributed by atoms with van der Waals surface area (Å²) in [6.07, 6.45) is 3.10. The molecule has 3 heteroatoms. The Morgan fingerprint density at radius 3 is 2.43 bits per heavy atom. The molecule has 21 heavy (non-hydrogen) atoms. The van der Waals surface area contributed by atoms with Gasteiger partial charge in [0.15, 0.2) is 0 Å². The van der Waals surface area contributed by atoms with E-state index in [0.717, 1.165) is 29.6 Å². The molecule has 0 saturated carbocycles. The zero-order chi connectivity index (χ0) is 14.8. The number of benzene rings is 2. The molecule has 1 aromatic heterocycles. The molecule has 0 aliphatic heterocycles. The second kappa shape index (κ2) is 5.70. The molecule has 0 fully saturated rings. The molecule has 0 amide bonds. The quantitative estimate of drug-likeness (QED) is 0.764. The number of hydrogen-bond donors (Lipinski definition) is 1. The average Bonchev–Trinajstić information content (AvgIpc) is 2.88. The lowest BCUT2D eigenvalue weighted by molar-refractivity contribution is 0.414. The zero-order valence-corrected chi connectivity index (χ0v) is 12.4. The summed E-state index contributed by atoms with van der Waals surface area (Å²) in [6, 6.07) is 13.0. The number of likely N-dealkylation sites (N-methyl/N-ethyl adjacent to an activating group) is 1. The Labute approximate surface area is 124 Å². The van der Waals surface area contributed by atoms with E-state index in [1.165, 1.54) is 23.1 Å². The summed E-state index contributed by atoms with van der Waals surface area (Å²) in [5.74, 6) is -0.201. The summed E-state index contributed by atoms with van der Waals surface area (Å²) in [4.78, 5) is 5.50. The third-order valence-corrected chi connectivity index (χ3v) is 3.77. The van der Waals surface area contributed by atoms with Crippen LogP contribution in [0.25, 0.3) is 22.0 Å². The Morgan fingerprint density at radius 2 is 1.71 bits per heavy atom. The van der Waals surface area contributed by atoms with Crippen LogP contribution in [0.15, 0.2) is 48.7 Å². The molecule has 3 aromatic rings. The first kappa shape index (κ1) is 13.8. The lowest BCUT2D eigenvalue weighted by atomic mass is 10.0. The first-order valence-corrected chi connectivity index (χ1v) is 7.14. The van der Waals surface area contributed by atoms with Crippen LogP contribution in [-0.2, 0) is 6.42 Å². The number of hydrogen-bond acceptors (Lipinski definition) is 1. The number of rotatable bonds is 4. The Morgan fingerprint density at radius 1 is 1.00 bits per heavy atom. The van der Waals surface area contributed by atoms with E-state index in [9.17, 15) is 4.39 Å². The highest BCUT2D eigenvalue weighted by Crippen LogP contribution is 2.26. The van der Waals surface area contributed by atoms with Crippen LogP contribution in [-0.4, -0.2) is 30.5 Å². The molecule has 0 atom stereocenters. The molecule has 0 aliphatic carbocycles. The molecule has 3 rings (SSSR count). The van der Waals surface area contributed by atoms with Crippen LogP contribution in [0, 0.1) is 5.82 Å².